The number of rotatable bonds is 2. The summed E-state index contributed by atoms with van der Waals surface area (Å²) in [6.07, 6.45) is 0. The molecule has 0 unspecified atom stereocenters. The van der Waals surface area contributed by atoms with Crippen LogP contribution in [0.4, 0.5) is 0 Å². The van der Waals surface area contributed by atoms with Crippen molar-refractivity contribution in [3.8, 4) is 11.8 Å². The van der Waals surface area contributed by atoms with Gasteiger partial charge in [-0.2, -0.15) is 0 Å². The maximum Gasteiger partial charge on any atom is 0.193 e. The Balaban J connectivity index is 0.00000225. The van der Waals surface area contributed by atoms with Crippen LogP contribution in [0.1, 0.15) is 45.6 Å². The van der Waals surface area contributed by atoms with Crippen LogP contribution in [0.2, 0.25) is 0 Å². The molecule has 0 radical (unpaired) electrons. The van der Waals surface area contributed by atoms with Gasteiger partial charge in [-0.05, 0) is 62.4 Å². The Morgan fingerprint density at radius 1 is 0.680 bits per heavy atom. The van der Waals surface area contributed by atoms with Gasteiger partial charge in [-0.25, -0.2) is 0 Å². The molecule has 0 aliphatic rings. The molecule has 1 heteroatoms. The first-order valence-electron chi connectivity index (χ1n) is 7.92. The van der Waals surface area contributed by atoms with Crippen molar-refractivity contribution in [2.45, 2.75) is 21.3 Å². The minimum Gasteiger partial charge on any atom is -0.289 e. The summed E-state index contributed by atoms with van der Waals surface area (Å²) in [6, 6.07) is 23.3. The highest BCUT2D eigenvalue weighted by atomic mass is 16.1. The highest BCUT2D eigenvalue weighted by molar-refractivity contribution is 6.09. The number of benzene rings is 3. The summed E-state index contributed by atoms with van der Waals surface area (Å²) in [5.74, 6) is 6.29. The van der Waals surface area contributed by atoms with Crippen LogP contribution in [0, 0.1) is 25.7 Å². The van der Waals surface area contributed by atoms with E-state index in [1.54, 1.807) is 0 Å². The normalized spacial score (nSPS) is 9.52. The van der Waals surface area contributed by atoms with Crippen molar-refractivity contribution >= 4 is 5.78 Å². The van der Waals surface area contributed by atoms with Crippen LogP contribution in [0.15, 0.2) is 72.8 Å². The van der Waals surface area contributed by atoms with Gasteiger partial charge in [0.15, 0.2) is 5.78 Å². The second-order valence-electron chi connectivity index (χ2n) is 5.90. The predicted molar refractivity (Wildman–Crippen MR) is 105 cm³/mol. The molecule has 25 heavy (non-hydrogen) atoms. The second-order valence-corrected chi connectivity index (χ2v) is 5.90. The van der Waals surface area contributed by atoms with Crippen molar-refractivity contribution in [2.75, 3.05) is 0 Å². The Kier molecular flexibility index (Phi) is 5.93. The van der Waals surface area contributed by atoms with Gasteiger partial charge in [0.1, 0.15) is 0 Å². The van der Waals surface area contributed by atoms with Crippen molar-refractivity contribution < 1.29 is 4.79 Å². The molecule has 0 bridgehead atoms. The van der Waals surface area contributed by atoms with Crippen LogP contribution in [-0.4, -0.2) is 5.78 Å². The number of carbonyl (C=O) groups is 1. The zero-order valence-corrected chi connectivity index (χ0v) is 13.8. The lowest BCUT2D eigenvalue weighted by atomic mass is 9.99. The van der Waals surface area contributed by atoms with E-state index in [9.17, 15) is 4.79 Å². The van der Waals surface area contributed by atoms with Crippen molar-refractivity contribution in [3.63, 3.8) is 0 Å². The summed E-state index contributed by atoms with van der Waals surface area (Å²) in [6.45, 7) is 4.01. The van der Waals surface area contributed by atoms with Crippen LogP contribution >= 0.6 is 0 Å². The molecule has 3 aromatic rings. The minimum atomic E-state index is 0. The molecular formula is C24H22O. The summed E-state index contributed by atoms with van der Waals surface area (Å²) < 4.78 is 0. The Hall–Kier alpha value is -3.11. The molecule has 3 aromatic carbocycles. The van der Waals surface area contributed by atoms with E-state index in [4.69, 9.17) is 0 Å². The number of carbonyl (C=O) groups excluding carboxylic acids is 1. The van der Waals surface area contributed by atoms with Gasteiger partial charge < -0.3 is 0 Å². The first-order chi connectivity index (χ1) is 11.6. The second kappa shape index (κ2) is 8.13. The lowest BCUT2D eigenvalue weighted by Crippen LogP contribution is -2.02. The molecule has 0 fully saturated rings. The Morgan fingerprint density at radius 3 is 1.76 bits per heavy atom. The first-order valence-corrected chi connectivity index (χ1v) is 7.92. The van der Waals surface area contributed by atoms with Crippen LogP contribution in [0.25, 0.3) is 0 Å². The molecule has 0 amide bonds. The topological polar surface area (TPSA) is 17.1 Å². The number of ketones is 1. The monoisotopic (exact) mass is 326 g/mol. The fraction of sp³-hybridized carbons (Fsp3) is 0.125. The van der Waals surface area contributed by atoms with E-state index in [0.717, 1.165) is 27.8 Å². The van der Waals surface area contributed by atoms with Crippen molar-refractivity contribution in [1.29, 1.82) is 0 Å². The molecular weight excluding hydrogens is 304 g/mol. The van der Waals surface area contributed by atoms with Crippen LogP contribution < -0.4 is 0 Å². The number of aryl methyl sites for hydroxylation is 2. The highest BCUT2D eigenvalue weighted by Gasteiger charge is 2.09. The average molecular weight is 326 g/mol. The Labute approximate surface area is 150 Å². The molecule has 0 aliphatic carbocycles. The van der Waals surface area contributed by atoms with Gasteiger partial charge >= 0.3 is 0 Å². The molecule has 0 heterocycles. The Morgan fingerprint density at radius 2 is 1.20 bits per heavy atom. The Bertz CT molecular complexity index is 903. The summed E-state index contributed by atoms with van der Waals surface area (Å²) in [5, 5.41) is 0. The van der Waals surface area contributed by atoms with Gasteiger partial charge in [0.05, 0.1) is 0 Å². The van der Waals surface area contributed by atoms with E-state index < -0.39 is 0 Å². The lowest BCUT2D eigenvalue weighted by molar-refractivity contribution is 0.103. The van der Waals surface area contributed by atoms with E-state index in [1.165, 1.54) is 0 Å². The van der Waals surface area contributed by atoms with E-state index in [-0.39, 0.29) is 13.2 Å². The van der Waals surface area contributed by atoms with E-state index in [0.29, 0.717) is 5.56 Å². The van der Waals surface area contributed by atoms with E-state index in [2.05, 4.69) is 17.9 Å². The largest absolute Gasteiger partial charge is 0.289 e. The fourth-order valence-electron chi connectivity index (χ4n) is 2.64. The third kappa shape index (κ3) is 4.68. The molecule has 0 spiro atoms. The van der Waals surface area contributed by atoms with Gasteiger partial charge in [-0.1, -0.05) is 54.7 Å². The summed E-state index contributed by atoms with van der Waals surface area (Å²) >= 11 is 0. The zero-order chi connectivity index (χ0) is 16.9. The SMILES string of the molecule is C.Cc1cc(C)cc(C(=O)c2ccc(C#Cc3ccccc3)cc2)c1. The highest BCUT2D eigenvalue weighted by Crippen LogP contribution is 2.15. The molecule has 124 valence electrons. The van der Waals surface area contributed by atoms with Gasteiger partial charge in [-0.3, -0.25) is 4.79 Å². The summed E-state index contributed by atoms with van der Waals surface area (Å²) in [5.41, 5.74) is 5.50. The molecule has 0 aromatic heterocycles. The zero-order valence-electron chi connectivity index (χ0n) is 13.8. The van der Waals surface area contributed by atoms with E-state index in [1.807, 2.05) is 80.6 Å². The lowest BCUT2D eigenvalue weighted by Gasteiger charge is -2.04. The molecule has 0 saturated carbocycles. The maximum absolute atomic E-state index is 12.6. The first kappa shape index (κ1) is 18.2. The molecule has 0 saturated heterocycles. The molecule has 0 N–H and O–H groups in total. The third-order valence-corrected chi connectivity index (χ3v) is 3.76. The minimum absolute atomic E-state index is 0. The quantitative estimate of drug-likeness (QED) is 0.444. The maximum atomic E-state index is 12.6. The van der Waals surface area contributed by atoms with E-state index >= 15 is 0 Å². The average Bonchev–Trinajstić information content (AvgIpc) is 2.60. The molecule has 1 nitrogen and oxygen atoms in total. The van der Waals surface area contributed by atoms with Gasteiger partial charge in [0.25, 0.3) is 0 Å². The third-order valence-electron chi connectivity index (χ3n) is 3.76. The van der Waals surface area contributed by atoms with Gasteiger partial charge in [0.2, 0.25) is 0 Å². The number of hydrogen-bond donors (Lipinski definition) is 0. The van der Waals surface area contributed by atoms with Crippen molar-refractivity contribution in [1.82, 2.24) is 0 Å². The summed E-state index contributed by atoms with van der Waals surface area (Å²) in [7, 11) is 0. The van der Waals surface area contributed by atoms with Crippen LogP contribution in [0.5, 0.6) is 0 Å². The molecule has 3 rings (SSSR count). The standard InChI is InChI=1S/C23H18O.CH4/c1-17-14-18(2)16-22(15-17)23(24)21-12-10-20(11-13-21)9-8-19-6-4-3-5-7-19;/h3-7,10-16H,1-2H3;1H4. The van der Waals surface area contributed by atoms with Gasteiger partial charge in [-0.15, -0.1) is 0 Å². The number of hydrogen-bond acceptors (Lipinski definition) is 1. The van der Waals surface area contributed by atoms with Crippen molar-refractivity contribution in [3.05, 3.63) is 106 Å². The smallest absolute Gasteiger partial charge is 0.193 e. The van der Waals surface area contributed by atoms with Gasteiger partial charge in [0, 0.05) is 22.3 Å². The fourth-order valence-corrected chi connectivity index (χ4v) is 2.64. The predicted octanol–water partition coefficient (Wildman–Crippen LogP) is 5.57. The molecule has 0 atom stereocenters. The molecule has 0 aliphatic heterocycles. The summed E-state index contributed by atoms with van der Waals surface area (Å²) in [4.78, 5) is 12.6. The van der Waals surface area contributed by atoms with Crippen molar-refractivity contribution in [2.24, 2.45) is 0 Å². The van der Waals surface area contributed by atoms with Crippen LogP contribution in [0.3, 0.4) is 0 Å². The van der Waals surface area contributed by atoms with Crippen LogP contribution in [-0.2, 0) is 0 Å².